The van der Waals surface area contributed by atoms with Crippen LogP contribution in [0.2, 0.25) is 0 Å². The van der Waals surface area contributed by atoms with Crippen LogP contribution in [0.4, 0.5) is 0 Å². The van der Waals surface area contributed by atoms with Crippen molar-refractivity contribution in [1.82, 2.24) is 20.3 Å². The molecular weight excluding hydrogens is 188 g/mol. The Morgan fingerprint density at radius 3 is 2.80 bits per heavy atom. The van der Waals surface area contributed by atoms with E-state index in [0.29, 0.717) is 12.0 Å². The normalized spacial score (nSPS) is 27.6. The van der Waals surface area contributed by atoms with Gasteiger partial charge in [0.2, 0.25) is 0 Å². The van der Waals surface area contributed by atoms with Gasteiger partial charge in [-0.1, -0.05) is 24.5 Å². The van der Waals surface area contributed by atoms with Gasteiger partial charge in [-0.25, -0.2) is 0 Å². The van der Waals surface area contributed by atoms with Crippen molar-refractivity contribution in [3.63, 3.8) is 0 Å². The van der Waals surface area contributed by atoms with E-state index in [1.54, 1.807) is 0 Å². The Kier molecular flexibility index (Phi) is 3.36. The van der Waals surface area contributed by atoms with E-state index >= 15 is 0 Å². The maximum atomic E-state index is 4.03. The fourth-order valence-corrected chi connectivity index (χ4v) is 2.64. The molecule has 15 heavy (non-hydrogen) atoms. The van der Waals surface area contributed by atoms with Crippen LogP contribution in [0.3, 0.4) is 0 Å². The molecule has 2 unspecified atom stereocenters. The van der Waals surface area contributed by atoms with Crippen LogP contribution in [0, 0.1) is 0 Å². The van der Waals surface area contributed by atoms with Gasteiger partial charge in [-0.3, -0.25) is 4.68 Å². The average Bonchev–Trinajstić information content (AvgIpc) is 2.54. The van der Waals surface area contributed by atoms with E-state index < -0.39 is 0 Å². The molecule has 0 saturated heterocycles. The molecule has 4 heteroatoms. The summed E-state index contributed by atoms with van der Waals surface area (Å²) in [5.41, 5.74) is 1.27. The van der Waals surface area contributed by atoms with Crippen molar-refractivity contribution in [2.45, 2.75) is 44.1 Å². The van der Waals surface area contributed by atoms with E-state index in [1.165, 1.54) is 37.8 Å². The molecule has 4 nitrogen and oxygen atoms in total. The van der Waals surface area contributed by atoms with Crippen molar-refractivity contribution < 1.29 is 0 Å². The van der Waals surface area contributed by atoms with Crippen LogP contribution < -0.4 is 5.32 Å². The second-order valence-electron chi connectivity index (χ2n) is 4.42. The smallest absolute Gasteiger partial charge is 0.0728 e. The zero-order valence-electron chi connectivity index (χ0n) is 9.61. The largest absolute Gasteiger partial charge is 0.316 e. The maximum absolute atomic E-state index is 4.03. The topological polar surface area (TPSA) is 42.7 Å². The molecule has 84 valence electrons. The monoisotopic (exact) mass is 208 g/mol. The van der Waals surface area contributed by atoms with Gasteiger partial charge in [0.15, 0.2) is 0 Å². The van der Waals surface area contributed by atoms with Crippen LogP contribution in [-0.2, 0) is 7.05 Å². The van der Waals surface area contributed by atoms with Gasteiger partial charge in [0.1, 0.15) is 0 Å². The van der Waals surface area contributed by atoms with E-state index in [9.17, 15) is 0 Å². The Morgan fingerprint density at radius 2 is 2.13 bits per heavy atom. The molecule has 0 radical (unpaired) electrons. The summed E-state index contributed by atoms with van der Waals surface area (Å²) in [5, 5.41) is 11.5. The molecule has 1 saturated carbocycles. The molecule has 0 bridgehead atoms. The van der Waals surface area contributed by atoms with Gasteiger partial charge in [0.25, 0.3) is 0 Å². The number of aromatic nitrogens is 3. The van der Waals surface area contributed by atoms with Crippen molar-refractivity contribution in [3.05, 3.63) is 11.9 Å². The third kappa shape index (κ3) is 2.20. The van der Waals surface area contributed by atoms with Gasteiger partial charge >= 0.3 is 0 Å². The van der Waals surface area contributed by atoms with Crippen molar-refractivity contribution in [2.75, 3.05) is 7.05 Å². The summed E-state index contributed by atoms with van der Waals surface area (Å²) in [6, 6.07) is 0.588. The fraction of sp³-hybridized carbons (Fsp3) is 0.818. The molecule has 0 spiro atoms. The van der Waals surface area contributed by atoms with Crippen LogP contribution in [0.5, 0.6) is 0 Å². The molecular formula is C11H20N4. The Labute approximate surface area is 91.1 Å². The first-order valence-corrected chi connectivity index (χ1v) is 5.84. The highest BCUT2D eigenvalue weighted by Gasteiger charge is 2.26. The van der Waals surface area contributed by atoms with Crippen molar-refractivity contribution >= 4 is 0 Å². The molecule has 0 aliphatic heterocycles. The zero-order chi connectivity index (χ0) is 10.7. The highest BCUT2D eigenvalue weighted by Crippen LogP contribution is 2.30. The van der Waals surface area contributed by atoms with Crippen molar-refractivity contribution in [2.24, 2.45) is 7.05 Å². The summed E-state index contributed by atoms with van der Waals surface area (Å²) in [7, 11) is 4.05. The lowest BCUT2D eigenvalue weighted by Crippen LogP contribution is -2.32. The average molecular weight is 208 g/mol. The minimum atomic E-state index is 0.581. The predicted molar refractivity (Wildman–Crippen MR) is 59.7 cm³/mol. The molecule has 1 aromatic rings. The van der Waals surface area contributed by atoms with Gasteiger partial charge in [-0.05, 0) is 19.9 Å². The summed E-state index contributed by atoms with van der Waals surface area (Å²) in [6.45, 7) is 0. The van der Waals surface area contributed by atoms with Gasteiger partial charge < -0.3 is 5.32 Å². The first-order valence-electron chi connectivity index (χ1n) is 5.84. The molecule has 1 N–H and O–H groups in total. The molecule has 1 fully saturated rings. The quantitative estimate of drug-likeness (QED) is 0.748. The third-order valence-corrected chi connectivity index (χ3v) is 3.52. The summed E-state index contributed by atoms with van der Waals surface area (Å²) in [6.07, 6.45) is 8.47. The van der Waals surface area contributed by atoms with Crippen LogP contribution >= 0.6 is 0 Å². The maximum Gasteiger partial charge on any atom is 0.0728 e. The molecule has 0 amide bonds. The Hall–Kier alpha value is -0.900. The van der Waals surface area contributed by atoms with E-state index in [4.69, 9.17) is 0 Å². The molecule has 0 aromatic carbocycles. The molecule has 1 aliphatic carbocycles. The van der Waals surface area contributed by atoms with E-state index in [-0.39, 0.29) is 0 Å². The van der Waals surface area contributed by atoms with Gasteiger partial charge in [0.05, 0.1) is 11.9 Å². The highest BCUT2D eigenvalue weighted by molar-refractivity contribution is 5.07. The number of nitrogens with one attached hydrogen (secondary N) is 1. The summed E-state index contributed by atoms with van der Waals surface area (Å²) >= 11 is 0. The third-order valence-electron chi connectivity index (χ3n) is 3.52. The van der Waals surface area contributed by atoms with Gasteiger partial charge in [-0.15, -0.1) is 5.10 Å². The first-order chi connectivity index (χ1) is 7.33. The molecule has 2 atom stereocenters. The van der Waals surface area contributed by atoms with E-state index in [2.05, 4.69) is 22.7 Å². The molecule has 2 rings (SSSR count). The highest BCUT2D eigenvalue weighted by atomic mass is 15.4. The summed E-state index contributed by atoms with van der Waals surface area (Å²) in [4.78, 5) is 0. The fourth-order valence-electron chi connectivity index (χ4n) is 2.64. The van der Waals surface area contributed by atoms with Crippen molar-refractivity contribution in [1.29, 1.82) is 0 Å². The molecule has 1 aromatic heterocycles. The second-order valence-corrected chi connectivity index (χ2v) is 4.42. The number of hydrogen-bond donors (Lipinski definition) is 1. The lowest BCUT2D eigenvalue weighted by atomic mass is 9.92. The van der Waals surface area contributed by atoms with Crippen LogP contribution in [0.1, 0.15) is 43.7 Å². The number of nitrogens with zero attached hydrogens (tertiary/aromatic N) is 3. The molecule has 1 heterocycles. The predicted octanol–water partition coefficient (Wildman–Crippen LogP) is 1.45. The standard InChI is InChI=1S/C11H20N4/c1-12-10-7-5-3-4-6-9(10)11-8-13-14-15(11)2/h8-10,12H,3-7H2,1-2H3. The van der Waals surface area contributed by atoms with Crippen LogP contribution in [0.15, 0.2) is 6.20 Å². The van der Waals surface area contributed by atoms with Crippen molar-refractivity contribution in [3.8, 4) is 0 Å². The minimum absolute atomic E-state index is 0.581. The van der Waals surface area contributed by atoms with Crippen LogP contribution in [-0.4, -0.2) is 28.1 Å². The minimum Gasteiger partial charge on any atom is -0.316 e. The van der Waals surface area contributed by atoms with Gasteiger partial charge in [-0.2, -0.15) is 0 Å². The van der Waals surface area contributed by atoms with Gasteiger partial charge in [0, 0.05) is 19.0 Å². The Balaban J connectivity index is 2.20. The summed E-state index contributed by atoms with van der Waals surface area (Å²) < 4.78 is 1.92. The summed E-state index contributed by atoms with van der Waals surface area (Å²) in [5.74, 6) is 0.581. The lowest BCUT2D eigenvalue weighted by Gasteiger charge is -2.24. The lowest BCUT2D eigenvalue weighted by molar-refractivity contribution is 0.419. The number of aryl methyl sites for hydroxylation is 1. The number of rotatable bonds is 2. The van der Waals surface area contributed by atoms with E-state index in [1.807, 2.05) is 17.9 Å². The SMILES string of the molecule is CNC1CCCCCC1c1cnnn1C. The second kappa shape index (κ2) is 4.75. The molecule has 1 aliphatic rings. The Morgan fingerprint density at radius 1 is 1.33 bits per heavy atom. The zero-order valence-corrected chi connectivity index (χ0v) is 9.61. The number of likely N-dealkylation sites (N-methyl/N-ethyl adjacent to an activating group) is 1. The van der Waals surface area contributed by atoms with Crippen LogP contribution in [0.25, 0.3) is 0 Å². The van der Waals surface area contributed by atoms with E-state index in [0.717, 1.165) is 0 Å². The Bertz CT molecular complexity index is 307. The number of hydrogen-bond acceptors (Lipinski definition) is 3. The first kappa shape index (κ1) is 10.6.